The van der Waals surface area contributed by atoms with Crippen molar-refractivity contribution in [3.8, 4) is 0 Å². The van der Waals surface area contributed by atoms with Gasteiger partial charge < -0.3 is 0 Å². The van der Waals surface area contributed by atoms with Crippen LogP contribution in [0.2, 0.25) is 0 Å². The Balaban J connectivity index is 1.26. The maximum absolute atomic E-state index is 4.86. The van der Waals surface area contributed by atoms with Crippen LogP contribution in [-0.2, 0) is 0 Å². The second-order valence-electron chi connectivity index (χ2n) is 7.84. The van der Waals surface area contributed by atoms with Gasteiger partial charge in [0.2, 0.25) is 0 Å². The molecule has 3 aliphatic rings. The predicted octanol–water partition coefficient (Wildman–Crippen LogP) is 3.22. The minimum Gasteiger partial charge on any atom is -0.299 e. The van der Waals surface area contributed by atoms with Crippen LogP contribution in [0, 0.1) is 11.8 Å². The summed E-state index contributed by atoms with van der Waals surface area (Å²) < 4.78 is 0. The van der Waals surface area contributed by atoms with Crippen LogP contribution in [0.25, 0.3) is 6.08 Å². The van der Waals surface area contributed by atoms with E-state index in [1.165, 1.54) is 32.2 Å². The second-order valence-corrected chi connectivity index (χ2v) is 7.84. The molecule has 0 amide bonds. The van der Waals surface area contributed by atoms with Crippen LogP contribution in [0.3, 0.4) is 0 Å². The summed E-state index contributed by atoms with van der Waals surface area (Å²) in [4.78, 5) is 11.8. The molecule has 3 heterocycles. The zero-order valence-corrected chi connectivity index (χ0v) is 14.5. The van der Waals surface area contributed by atoms with Crippen molar-refractivity contribution in [1.82, 2.24) is 25.1 Å². The molecule has 3 fully saturated rings. The van der Waals surface area contributed by atoms with Gasteiger partial charge in [0.1, 0.15) is 5.82 Å². The maximum atomic E-state index is 4.86. The monoisotopic (exact) mass is 335 g/mol. The number of nitrogens with zero attached hydrogens (tertiary/aromatic N) is 4. The van der Waals surface area contributed by atoms with E-state index in [0.29, 0.717) is 11.8 Å². The van der Waals surface area contributed by atoms with Gasteiger partial charge in [-0.2, -0.15) is 5.10 Å². The van der Waals surface area contributed by atoms with Crippen molar-refractivity contribution in [2.24, 2.45) is 11.8 Å². The normalized spacial score (nSPS) is 27.4. The number of H-pyrrole nitrogens is 1. The lowest BCUT2D eigenvalue weighted by atomic mass is 9.91. The molecule has 0 aromatic carbocycles. The fourth-order valence-electron chi connectivity index (χ4n) is 4.13. The first-order valence-electron chi connectivity index (χ1n) is 9.59. The Morgan fingerprint density at radius 3 is 2.84 bits per heavy atom. The fraction of sp³-hybridized carbons (Fsp3) is 0.550. The molecule has 0 bridgehead atoms. The zero-order valence-electron chi connectivity index (χ0n) is 14.5. The maximum Gasteiger partial charge on any atom is 0.153 e. The highest BCUT2D eigenvalue weighted by Crippen LogP contribution is 2.47. The highest BCUT2D eigenvalue weighted by Gasteiger charge is 2.44. The number of pyridine rings is 1. The topological polar surface area (TPSA) is 57.7 Å². The SMILES string of the molecule is C(=C\c1ccccn1)/CN1C[C@H](c2nc(C3CC3)n[nH]2)[C@@H](C2CC2)C1. The number of aromatic nitrogens is 4. The van der Waals surface area contributed by atoms with Crippen molar-refractivity contribution < 1.29 is 0 Å². The molecule has 1 N–H and O–H groups in total. The Bertz CT molecular complexity index is 744. The Morgan fingerprint density at radius 1 is 1.16 bits per heavy atom. The number of aromatic amines is 1. The van der Waals surface area contributed by atoms with Crippen LogP contribution >= 0.6 is 0 Å². The first-order chi connectivity index (χ1) is 12.4. The third-order valence-electron chi connectivity index (χ3n) is 5.82. The molecule has 5 rings (SSSR count). The van der Waals surface area contributed by atoms with Gasteiger partial charge in [-0.05, 0) is 55.7 Å². The molecule has 1 saturated heterocycles. The van der Waals surface area contributed by atoms with E-state index < -0.39 is 0 Å². The minimum atomic E-state index is 0.524. The van der Waals surface area contributed by atoms with E-state index in [1.54, 1.807) is 0 Å². The van der Waals surface area contributed by atoms with E-state index in [0.717, 1.165) is 42.3 Å². The molecule has 0 unspecified atom stereocenters. The summed E-state index contributed by atoms with van der Waals surface area (Å²) >= 11 is 0. The predicted molar refractivity (Wildman–Crippen MR) is 97.0 cm³/mol. The van der Waals surface area contributed by atoms with Crippen molar-refractivity contribution >= 4 is 6.08 Å². The first-order valence-corrected chi connectivity index (χ1v) is 9.59. The molecule has 2 atom stereocenters. The van der Waals surface area contributed by atoms with Gasteiger partial charge in [0.05, 0.1) is 5.69 Å². The smallest absolute Gasteiger partial charge is 0.153 e. The van der Waals surface area contributed by atoms with E-state index in [2.05, 4.69) is 32.2 Å². The highest BCUT2D eigenvalue weighted by atomic mass is 15.2. The molecule has 5 nitrogen and oxygen atoms in total. The van der Waals surface area contributed by atoms with E-state index in [9.17, 15) is 0 Å². The van der Waals surface area contributed by atoms with Gasteiger partial charge in [-0.15, -0.1) is 0 Å². The van der Waals surface area contributed by atoms with Crippen molar-refractivity contribution in [2.45, 2.75) is 37.5 Å². The van der Waals surface area contributed by atoms with Crippen molar-refractivity contribution in [3.63, 3.8) is 0 Å². The molecule has 5 heteroatoms. The van der Waals surface area contributed by atoms with Crippen molar-refractivity contribution in [3.05, 3.63) is 47.8 Å². The Morgan fingerprint density at radius 2 is 2.08 bits per heavy atom. The average molecular weight is 335 g/mol. The van der Waals surface area contributed by atoms with E-state index in [1.807, 2.05) is 24.4 Å². The Labute approximate surface area is 148 Å². The number of likely N-dealkylation sites (tertiary alicyclic amines) is 1. The molecule has 2 aromatic heterocycles. The van der Waals surface area contributed by atoms with Gasteiger partial charge in [-0.1, -0.05) is 12.1 Å². The van der Waals surface area contributed by atoms with Crippen LogP contribution in [0.1, 0.15) is 54.9 Å². The molecule has 2 saturated carbocycles. The molecule has 2 aliphatic carbocycles. The summed E-state index contributed by atoms with van der Waals surface area (Å²) in [5.74, 6) is 4.97. The van der Waals surface area contributed by atoms with Gasteiger partial charge in [-0.3, -0.25) is 15.0 Å². The Kier molecular flexibility index (Phi) is 3.89. The number of hydrogen-bond acceptors (Lipinski definition) is 4. The summed E-state index contributed by atoms with van der Waals surface area (Å²) in [6.45, 7) is 3.26. The number of rotatable bonds is 6. The summed E-state index contributed by atoms with van der Waals surface area (Å²) in [6.07, 6.45) is 11.5. The lowest BCUT2D eigenvalue weighted by Gasteiger charge is -2.14. The molecular weight excluding hydrogens is 310 g/mol. The fourth-order valence-corrected chi connectivity index (χ4v) is 4.13. The summed E-state index contributed by atoms with van der Waals surface area (Å²) in [7, 11) is 0. The molecule has 0 radical (unpaired) electrons. The number of hydrogen-bond donors (Lipinski definition) is 1. The van der Waals surface area contributed by atoms with Crippen LogP contribution in [0.15, 0.2) is 30.5 Å². The molecule has 25 heavy (non-hydrogen) atoms. The third kappa shape index (κ3) is 3.38. The minimum absolute atomic E-state index is 0.524. The van der Waals surface area contributed by atoms with E-state index in [4.69, 9.17) is 4.98 Å². The van der Waals surface area contributed by atoms with Gasteiger partial charge in [-0.25, -0.2) is 4.98 Å². The molecule has 2 aromatic rings. The average Bonchev–Trinajstić information content (AvgIpc) is 3.57. The van der Waals surface area contributed by atoms with Crippen molar-refractivity contribution in [2.75, 3.05) is 19.6 Å². The lowest BCUT2D eigenvalue weighted by Crippen LogP contribution is -2.21. The van der Waals surface area contributed by atoms with Crippen LogP contribution in [0.5, 0.6) is 0 Å². The van der Waals surface area contributed by atoms with Crippen LogP contribution in [0.4, 0.5) is 0 Å². The van der Waals surface area contributed by atoms with Crippen LogP contribution < -0.4 is 0 Å². The van der Waals surface area contributed by atoms with Gasteiger partial charge in [0, 0.05) is 37.7 Å². The van der Waals surface area contributed by atoms with Gasteiger partial charge in [0.15, 0.2) is 5.82 Å². The zero-order chi connectivity index (χ0) is 16.6. The summed E-state index contributed by atoms with van der Waals surface area (Å²) in [6, 6.07) is 6.03. The van der Waals surface area contributed by atoms with Gasteiger partial charge in [0.25, 0.3) is 0 Å². The molecular formula is C20H25N5. The first kappa shape index (κ1) is 15.3. The highest BCUT2D eigenvalue weighted by molar-refractivity contribution is 5.43. The summed E-state index contributed by atoms with van der Waals surface area (Å²) in [5, 5.41) is 7.76. The molecule has 1 aliphatic heterocycles. The largest absolute Gasteiger partial charge is 0.299 e. The van der Waals surface area contributed by atoms with E-state index in [-0.39, 0.29) is 0 Å². The standard InChI is InChI=1S/C20H25N5/c1-2-10-21-16(4-1)5-3-11-25-12-17(14-6-7-14)18(13-25)20-22-19(23-24-20)15-8-9-15/h1-5,10,14-15,17-18H,6-9,11-13H2,(H,22,23,24)/b5-3+/t17-,18+/m1/s1. The summed E-state index contributed by atoms with van der Waals surface area (Å²) in [5.41, 5.74) is 1.03. The number of nitrogens with one attached hydrogen (secondary N) is 1. The lowest BCUT2D eigenvalue weighted by molar-refractivity contribution is 0.349. The quantitative estimate of drug-likeness (QED) is 0.880. The third-order valence-corrected chi connectivity index (χ3v) is 5.82. The van der Waals surface area contributed by atoms with Gasteiger partial charge >= 0.3 is 0 Å². The second kappa shape index (κ2) is 6.37. The Hall–Kier alpha value is -2.01. The molecule has 0 spiro atoms. The van der Waals surface area contributed by atoms with E-state index >= 15 is 0 Å². The van der Waals surface area contributed by atoms with Crippen LogP contribution in [-0.4, -0.2) is 44.7 Å². The molecule has 130 valence electrons. The van der Waals surface area contributed by atoms with Crippen molar-refractivity contribution in [1.29, 1.82) is 0 Å².